The zero-order valence-corrected chi connectivity index (χ0v) is 18.3. The van der Waals surface area contributed by atoms with Crippen molar-refractivity contribution in [1.82, 2.24) is 0 Å². The van der Waals surface area contributed by atoms with Gasteiger partial charge in [-0.15, -0.1) is 0 Å². The Bertz CT molecular complexity index is 1040. The maximum absolute atomic E-state index is 13.2. The first kappa shape index (κ1) is 22.4. The number of carbonyl (C=O) groups excluding carboxylic acids is 2. The summed E-state index contributed by atoms with van der Waals surface area (Å²) in [4.78, 5) is 25.3. The molecule has 1 saturated carbocycles. The number of esters is 1. The van der Waals surface area contributed by atoms with E-state index >= 15 is 0 Å². The topological polar surface area (TPSA) is 96.6 Å². The van der Waals surface area contributed by atoms with Gasteiger partial charge in [0.1, 0.15) is 29.5 Å². The van der Waals surface area contributed by atoms with E-state index in [1.807, 2.05) is 0 Å². The molecule has 0 amide bonds. The molecule has 1 N–H and O–H groups in total. The second-order valence-corrected chi connectivity index (χ2v) is 8.89. The molecule has 0 unspecified atom stereocenters. The number of rotatable bonds is 5. The van der Waals surface area contributed by atoms with Gasteiger partial charge in [-0.1, -0.05) is 25.0 Å². The molecule has 0 bridgehead atoms. The van der Waals surface area contributed by atoms with Crippen LogP contribution in [0.2, 0.25) is 0 Å². The Morgan fingerprint density at radius 1 is 1.19 bits per heavy atom. The molecule has 0 saturated heterocycles. The number of benzene rings is 2. The molecule has 0 aliphatic heterocycles. The van der Waals surface area contributed by atoms with Crippen LogP contribution in [0.5, 0.6) is 11.5 Å². The van der Waals surface area contributed by atoms with Crippen molar-refractivity contribution in [2.45, 2.75) is 57.5 Å². The Hall–Kier alpha value is -3.33. The lowest BCUT2D eigenvalue weighted by molar-refractivity contribution is -0.112. The molecule has 1 fully saturated rings. The van der Waals surface area contributed by atoms with Gasteiger partial charge in [-0.05, 0) is 62.9 Å². The predicted octanol–water partition coefficient (Wildman–Crippen LogP) is 4.91. The number of carbonyl (C=O) groups is 2. The lowest BCUT2D eigenvalue weighted by atomic mass is 9.76. The van der Waals surface area contributed by atoms with Crippen LogP contribution >= 0.6 is 0 Å². The molecule has 2 aromatic carbocycles. The Balaban J connectivity index is 2.31. The normalized spacial score (nSPS) is 15.2. The third-order valence-corrected chi connectivity index (χ3v) is 5.67. The van der Waals surface area contributed by atoms with Crippen LogP contribution < -0.4 is 4.74 Å². The number of aldehydes is 1. The Morgan fingerprint density at radius 3 is 2.29 bits per heavy atom. The van der Waals surface area contributed by atoms with Crippen LogP contribution in [0.3, 0.4) is 0 Å². The summed E-state index contributed by atoms with van der Waals surface area (Å²) in [6.45, 7) is 5.27. The molecule has 0 spiro atoms. The van der Waals surface area contributed by atoms with E-state index in [4.69, 9.17) is 9.47 Å². The van der Waals surface area contributed by atoms with E-state index < -0.39 is 17.0 Å². The van der Waals surface area contributed by atoms with Gasteiger partial charge in [0.15, 0.2) is 0 Å². The summed E-state index contributed by atoms with van der Waals surface area (Å²) < 4.78 is 10.8. The third-order valence-electron chi connectivity index (χ3n) is 5.67. The first-order chi connectivity index (χ1) is 14.7. The molecule has 162 valence electrons. The second kappa shape index (κ2) is 8.43. The van der Waals surface area contributed by atoms with Gasteiger partial charge in [0, 0.05) is 5.56 Å². The summed E-state index contributed by atoms with van der Waals surface area (Å²) >= 11 is 0. The van der Waals surface area contributed by atoms with Crippen molar-refractivity contribution in [2.24, 2.45) is 0 Å². The van der Waals surface area contributed by atoms with E-state index in [1.54, 1.807) is 58.2 Å². The van der Waals surface area contributed by atoms with Crippen molar-refractivity contribution in [3.05, 3.63) is 47.0 Å². The fraction of sp³-hybridized carbons (Fsp3) is 0.400. The Kier molecular flexibility index (Phi) is 6.08. The van der Waals surface area contributed by atoms with Gasteiger partial charge < -0.3 is 19.4 Å². The van der Waals surface area contributed by atoms with Crippen molar-refractivity contribution in [1.29, 1.82) is 5.26 Å². The number of ether oxygens (including phenoxy) is 2. The van der Waals surface area contributed by atoms with Gasteiger partial charge in [-0.25, -0.2) is 4.79 Å². The van der Waals surface area contributed by atoms with Crippen LogP contribution in [-0.4, -0.2) is 30.1 Å². The van der Waals surface area contributed by atoms with Gasteiger partial charge in [-0.3, -0.25) is 0 Å². The van der Waals surface area contributed by atoms with E-state index in [9.17, 15) is 20.0 Å². The maximum atomic E-state index is 13.2. The summed E-state index contributed by atoms with van der Waals surface area (Å²) in [7, 11) is 1.54. The second-order valence-electron chi connectivity index (χ2n) is 8.89. The number of phenols is 1. The fourth-order valence-corrected chi connectivity index (χ4v) is 4.18. The summed E-state index contributed by atoms with van der Waals surface area (Å²) in [5.41, 5.74) is -0.374. The SMILES string of the molecule is COc1ccc(-c2c(C(=O)OC(C)(C)C)cc(C3(C=O)CCCC3)c(C#N)c2O)cc1. The number of hydrogen-bond donors (Lipinski definition) is 1. The Labute approximate surface area is 182 Å². The monoisotopic (exact) mass is 421 g/mol. The van der Waals surface area contributed by atoms with Gasteiger partial charge in [0.25, 0.3) is 0 Å². The van der Waals surface area contributed by atoms with Crippen LogP contribution in [-0.2, 0) is 14.9 Å². The highest BCUT2D eigenvalue weighted by Gasteiger charge is 2.40. The van der Waals surface area contributed by atoms with Crippen molar-refractivity contribution in [3.8, 4) is 28.7 Å². The van der Waals surface area contributed by atoms with E-state index in [1.165, 1.54) is 0 Å². The van der Waals surface area contributed by atoms with E-state index in [2.05, 4.69) is 6.07 Å². The quantitative estimate of drug-likeness (QED) is 0.544. The highest BCUT2D eigenvalue weighted by Crippen LogP contribution is 2.47. The first-order valence-electron chi connectivity index (χ1n) is 10.3. The molecule has 0 aromatic heterocycles. The van der Waals surface area contributed by atoms with Crippen LogP contribution in [0.1, 0.15) is 67.9 Å². The van der Waals surface area contributed by atoms with Gasteiger partial charge in [-0.2, -0.15) is 5.26 Å². The molecule has 6 nitrogen and oxygen atoms in total. The molecule has 1 aliphatic carbocycles. The zero-order chi connectivity index (χ0) is 22.8. The summed E-state index contributed by atoms with van der Waals surface area (Å²) in [6.07, 6.45) is 3.67. The minimum absolute atomic E-state index is 0.0205. The number of aromatic hydroxyl groups is 1. The molecular formula is C25H27NO5. The largest absolute Gasteiger partial charge is 0.506 e. The summed E-state index contributed by atoms with van der Waals surface area (Å²) in [5.74, 6) is -0.331. The molecule has 1 aliphatic rings. The molecular weight excluding hydrogens is 394 g/mol. The lowest BCUT2D eigenvalue weighted by Crippen LogP contribution is -2.28. The van der Waals surface area contributed by atoms with E-state index in [-0.39, 0.29) is 22.4 Å². The molecule has 0 heterocycles. The van der Waals surface area contributed by atoms with Gasteiger partial charge >= 0.3 is 5.97 Å². The molecule has 0 radical (unpaired) electrons. The van der Waals surface area contributed by atoms with Crippen molar-refractivity contribution >= 4 is 12.3 Å². The average Bonchev–Trinajstić information content (AvgIpc) is 3.22. The van der Waals surface area contributed by atoms with Crippen LogP contribution in [0, 0.1) is 11.3 Å². The molecule has 0 atom stereocenters. The third kappa shape index (κ3) is 4.27. The van der Waals surface area contributed by atoms with Gasteiger partial charge in [0.05, 0.1) is 23.7 Å². The highest BCUT2D eigenvalue weighted by atomic mass is 16.6. The number of nitrogens with zero attached hydrogens (tertiary/aromatic N) is 1. The standard InChI is InChI=1S/C25H27NO5/c1-24(2,3)31-23(29)18-13-20(25(15-27)11-5-6-12-25)19(14-26)22(28)21(18)16-7-9-17(30-4)10-8-16/h7-10,13,15,28H,5-6,11-12H2,1-4H3. The lowest BCUT2D eigenvalue weighted by Gasteiger charge is -2.27. The van der Waals surface area contributed by atoms with Crippen LogP contribution in [0.25, 0.3) is 11.1 Å². The number of hydrogen-bond acceptors (Lipinski definition) is 6. The van der Waals surface area contributed by atoms with Gasteiger partial charge in [0.2, 0.25) is 0 Å². The molecule has 3 rings (SSSR count). The highest BCUT2D eigenvalue weighted by molar-refractivity contribution is 6.01. The molecule has 31 heavy (non-hydrogen) atoms. The Morgan fingerprint density at radius 2 is 1.81 bits per heavy atom. The van der Waals surface area contributed by atoms with Crippen LogP contribution in [0.15, 0.2) is 30.3 Å². The van der Waals surface area contributed by atoms with E-state index in [0.717, 1.165) is 19.1 Å². The average molecular weight is 421 g/mol. The predicted molar refractivity (Wildman–Crippen MR) is 116 cm³/mol. The smallest absolute Gasteiger partial charge is 0.339 e. The van der Waals surface area contributed by atoms with Crippen molar-refractivity contribution < 1.29 is 24.2 Å². The summed E-state index contributed by atoms with van der Waals surface area (Å²) in [5, 5.41) is 21.0. The molecule has 6 heteroatoms. The molecule has 2 aromatic rings. The number of nitriles is 1. The minimum atomic E-state index is -0.891. The van der Waals surface area contributed by atoms with Crippen molar-refractivity contribution in [3.63, 3.8) is 0 Å². The summed E-state index contributed by atoms with van der Waals surface area (Å²) in [6, 6.07) is 10.4. The van der Waals surface area contributed by atoms with E-state index in [0.29, 0.717) is 29.7 Å². The van der Waals surface area contributed by atoms with Crippen molar-refractivity contribution in [2.75, 3.05) is 7.11 Å². The number of phenolic OH excluding ortho intramolecular Hbond substituents is 1. The van der Waals surface area contributed by atoms with Crippen LogP contribution in [0.4, 0.5) is 0 Å². The maximum Gasteiger partial charge on any atom is 0.339 e. The number of methoxy groups -OCH3 is 1. The minimum Gasteiger partial charge on any atom is -0.506 e. The zero-order valence-electron chi connectivity index (χ0n) is 18.3. The first-order valence-corrected chi connectivity index (χ1v) is 10.3. The fourth-order valence-electron chi connectivity index (χ4n) is 4.18.